The molecule has 0 saturated heterocycles. The molecule has 0 aromatic heterocycles. The van der Waals surface area contributed by atoms with Crippen LogP contribution in [0.1, 0.15) is 268 Å². The van der Waals surface area contributed by atoms with Crippen LogP contribution in [0.2, 0.25) is 0 Å². The molecule has 0 aliphatic heterocycles. The van der Waals surface area contributed by atoms with Crippen LogP contribution in [-0.2, 0) is 14.3 Å². The summed E-state index contributed by atoms with van der Waals surface area (Å²) in [5.74, 6) is 0.473. The Hall–Kier alpha value is -0.610. The zero-order valence-corrected chi connectivity index (χ0v) is 39.1. The summed E-state index contributed by atoms with van der Waals surface area (Å²) < 4.78 is 12.0. The second-order valence-corrected chi connectivity index (χ2v) is 20.5. The SMILES string of the molecule is CCCCCCCCCCCCCCCC(CCCCCCCCCCCCCCC)C(=O)NCC(C)(C)CC(C)(C)CC(C)(C)OCCC(C)(C)OC. The van der Waals surface area contributed by atoms with Crippen molar-refractivity contribution in [3.05, 3.63) is 0 Å². The minimum absolute atomic E-state index is 0.0167. The smallest absolute Gasteiger partial charge is 0.223 e. The third-order valence-electron chi connectivity index (χ3n) is 12.0. The van der Waals surface area contributed by atoms with Gasteiger partial charge in [0.05, 0.1) is 17.8 Å². The molecule has 4 nitrogen and oxygen atoms in total. The maximum atomic E-state index is 13.8. The second-order valence-electron chi connectivity index (χ2n) is 20.5. The average Bonchev–Trinajstić information content (AvgIpc) is 3.09. The first kappa shape index (κ1) is 53.4. The van der Waals surface area contributed by atoms with Gasteiger partial charge < -0.3 is 14.8 Å². The number of unbranched alkanes of at least 4 members (excludes halogenated alkanes) is 24. The molecule has 0 fully saturated rings. The normalized spacial score (nSPS) is 13.0. The summed E-state index contributed by atoms with van der Waals surface area (Å²) in [7, 11) is 1.78. The van der Waals surface area contributed by atoms with E-state index < -0.39 is 0 Å². The lowest BCUT2D eigenvalue weighted by Crippen LogP contribution is -2.41. The van der Waals surface area contributed by atoms with E-state index in [1.165, 1.54) is 167 Å². The molecule has 0 aromatic carbocycles. The fraction of sp³-hybridized carbons (Fsp3) is 0.980. The molecule has 0 saturated carbocycles. The largest absolute Gasteiger partial charge is 0.379 e. The van der Waals surface area contributed by atoms with Gasteiger partial charge in [-0.25, -0.2) is 0 Å². The number of carbonyl (C=O) groups excluding carboxylic acids is 1. The Morgan fingerprint density at radius 3 is 1.19 bits per heavy atom. The molecule has 0 radical (unpaired) electrons. The van der Waals surface area contributed by atoms with Gasteiger partial charge in [0.15, 0.2) is 0 Å². The van der Waals surface area contributed by atoms with Gasteiger partial charge in [-0.2, -0.15) is 0 Å². The van der Waals surface area contributed by atoms with Gasteiger partial charge in [0, 0.05) is 19.6 Å². The van der Waals surface area contributed by atoms with Crippen molar-refractivity contribution >= 4 is 5.91 Å². The average molecular weight is 764 g/mol. The van der Waals surface area contributed by atoms with E-state index in [0.717, 1.165) is 38.6 Å². The van der Waals surface area contributed by atoms with E-state index in [9.17, 15) is 4.79 Å². The van der Waals surface area contributed by atoms with Gasteiger partial charge in [-0.05, 0) is 70.6 Å². The van der Waals surface area contributed by atoms with Crippen molar-refractivity contribution in [3.63, 3.8) is 0 Å². The highest BCUT2D eigenvalue weighted by molar-refractivity contribution is 5.78. The molecule has 0 atom stereocenters. The Balaban J connectivity index is 4.77. The van der Waals surface area contributed by atoms with Crippen molar-refractivity contribution in [1.29, 1.82) is 0 Å². The Kier molecular flexibility index (Phi) is 32.0. The molecule has 0 unspecified atom stereocenters. The predicted molar refractivity (Wildman–Crippen MR) is 240 cm³/mol. The molecular weight excluding hydrogens is 663 g/mol. The first-order chi connectivity index (χ1) is 25.6. The van der Waals surface area contributed by atoms with Crippen LogP contribution in [0.25, 0.3) is 0 Å². The topological polar surface area (TPSA) is 47.6 Å². The predicted octanol–water partition coefficient (Wildman–Crippen LogP) is 16.1. The lowest BCUT2D eigenvalue weighted by atomic mass is 9.70. The molecule has 0 bridgehead atoms. The number of rotatable bonds is 40. The van der Waals surface area contributed by atoms with Gasteiger partial charge in [-0.3, -0.25) is 4.79 Å². The van der Waals surface area contributed by atoms with E-state index in [2.05, 4.69) is 74.6 Å². The molecule has 0 spiro atoms. The summed E-state index contributed by atoms with van der Waals surface area (Å²) in [5.41, 5.74) is -0.261. The highest BCUT2D eigenvalue weighted by atomic mass is 16.5. The van der Waals surface area contributed by atoms with Crippen LogP contribution in [0.4, 0.5) is 0 Å². The van der Waals surface area contributed by atoms with Crippen LogP contribution in [0.3, 0.4) is 0 Å². The number of hydrogen-bond donors (Lipinski definition) is 1. The number of hydrogen-bond acceptors (Lipinski definition) is 3. The minimum Gasteiger partial charge on any atom is -0.379 e. The van der Waals surface area contributed by atoms with Crippen molar-refractivity contribution in [1.82, 2.24) is 5.32 Å². The third-order valence-corrected chi connectivity index (χ3v) is 12.0. The lowest BCUT2D eigenvalue weighted by molar-refractivity contribution is -0.126. The fourth-order valence-electron chi connectivity index (χ4n) is 8.99. The summed E-state index contributed by atoms with van der Waals surface area (Å²) >= 11 is 0. The minimum atomic E-state index is -0.209. The second kappa shape index (κ2) is 32.4. The number of methoxy groups -OCH3 is 1. The van der Waals surface area contributed by atoms with E-state index in [-0.39, 0.29) is 27.9 Å². The van der Waals surface area contributed by atoms with Crippen LogP contribution in [0.5, 0.6) is 0 Å². The molecule has 54 heavy (non-hydrogen) atoms. The molecule has 0 aliphatic carbocycles. The summed E-state index contributed by atoms with van der Waals surface area (Å²) in [4.78, 5) is 13.8. The van der Waals surface area contributed by atoms with Crippen LogP contribution < -0.4 is 5.32 Å². The molecule has 1 amide bonds. The third kappa shape index (κ3) is 33.5. The molecule has 324 valence electrons. The van der Waals surface area contributed by atoms with Crippen molar-refractivity contribution in [2.45, 2.75) is 279 Å². The molecule has 0 aromatic rings. The monoisotopic (exact) mass is 764 g/mol. The maximum absolute atomic E-state index is 13.8. The standard InChI is InChI=1S/C50H101NO3/c1-12-14-16-18-20-22-24-26-28-30-32-34-36-38-45(39-37-35-33-31-29-27-25-23-21-19-17-15-13-2)46(52)51-44-48(5,6)42-47(3,4)43-50(9,10)54-41-40-49(7,8)53-11/h45H,12-44H2,1-11H3,(H,51,52). The number of carbonyl (C=O) groups is 1. The molecule has 0 rings (SSSR count). The van der Waals surface area contributed by atoms with Crippen molar-refractivity contribution < 1.29 is 14.3 Å². The van der Waals surface area contributed by atoms with Crippen LogP contribution in [-0.4, -0.2) is 37.4 Å². The van der Waals surface area contributed by atoms with E-state index in [1.54, 1.807) is 7.11 Å². The fourth-order valence-corrected chi connectivity index (χ4v) is 8.99. The first-order valence-corrected chi connectivity index (χ1v) is 24.1. The number of nitrogens with one attached hydrogen (secondary N) is 1. The zero-order chi connectivity index (χ0) is 40.6. The maximum Gasteiger partial charge on any atom is 0.223 e. The van der Waals surface area contributed by atoms with E-state index >= 15 is 0 Å². The first-order valence-electron chi connectivity index (χ1n) is 24.1. The molecule has 4 heteroatoms. The van der Waals surface area contributed by atoms with Crippen LogP contribution in [0.15, 0.2) is 0 Å². The van der Waals surface area contributed by atoms with Gasteiger partial charge in [0.2, 0.25) is 5.91 Å². The van der Waals surface area contributed by atoms with E-state index in [4.69, 9.17) is 9.47 Å². The van der Waals surface area contributed by atoms with Crippen LogP contribution in [0, 0.1) is 16.7 Å². The van der Waals surface area contributed by atoms with E-state index in [0.29, 0.717) is 12.5 Å². The summed E-state index contributed by atoms with van der Waals surface area (Å²) in [6.07, 6.45) is 40.7. The van der Waals surface area contributed by atoms with Gasteiger partial charge in [-0.15, -0.1) is 0 Å². The highest BCUT2D eigenvalue weighted by Crippen LogP contribution is 2.40. The van der Waals surface area contributed by atoms with Gasteiger partial charge in [0.25, 0.3) is 0 Å². The summed E-state index contributed by atoms with van der Waals surface area (Å²) in [5, 5.41) is 3.48. The zero-order valence-electron chi connectivity index (χ0n) is 39.1. The Bertz CT molecular complexity index is 817. The van der Waals surface area contributed by atoms with Crippen molar-refractivity contribution in [3.8, 4) is 0 Å². The Labute approximate surface area is 341 Å². The van der Waals surface area contributed by atoms with Gasteiger partial charge >= 0.3 is 0 Å². The van der Waals surface area contributed by atoms with Gasteiger partial charge in [0.1, 0.15) is 0 Å². The Morgan fingerprint density at radius 1 is 0.481 bits per heavy atom. The van der Waals surface area contributed by atoms with Crippen LogP contribution >= 0.6 is 0 Å². The number of ether oxygens (including phenoxy) is 2. The summed E-state index contributed by atoms with van der Waals surface area (Å²) in [6, 6.07) is 0. The Morgan fingerprint density at radius 2 is 0.833 bits per heavy atom. The van der Waals surface area contributed by atoms with Crippen molar-refractivity contribution in [2.24, 2.45) is 16.7 Å². The highest BCUT2D eigenvalue weighted by Gasteiger charge is 2.35. The van der Waals surface area contributed by atoms with Crippen molar-refractivity contribution in [2.75, 3.05) is 20.3 Å². The van der Waals surface area contributed by atoms with Gasteiger partial charge in [-0.1, -0.05) is 208 Å². The quantitative estimate of drug-likeness (QED) is 0.0632. The van der Waals surface area contributed by atoms with E-state index in [1.807, 2.05) is 0 Å². The number of amides is 1. The molecule has 0 aliphatic rings. The lowest BCUT2D eigenvalue weighted by Gasteiger charge is -2.40. The molecular formula is C50H101NO3. The molecule has 0 heterocycles. The summed E-state index contributed by atoms with van der Waals surface area (Å²) in [6.45, 7) is 24.1. The molecule has 1 N–H and O–H groups in total.